The van der Waals surface area contributed by atoms with Gasteiger partial charge in [0.1, 0.15) is 11.8 Å². The molecule has 0 spiro atoms. The summed E-state index contributed by atoms with van der Waals surface area (Å²) < 4.78 is 25.0. The zero-order chi connectivity index (χ0) is 10.7. The number of hydrogen-bond acceptors (Lipinski definition) is 3. The van der Waals surface area contributed by atoms with E-state index in [1.165, 1.54) is 6.92 Å². The predicted molar refractivity (Wildman–Crippen MR) is 44.0 cm³/mol. The SMILES string of the molecule is Cc1c(C#N)ncc(C=O)c1C(F)F. The first-order valence-corrected chi connectivity index (χ1v) is 3.74. The highest BCUT2D eigenvalue weighted by molar-refractivity contribution is 5.78. The Morgan fingerprint density at radius 1 is 1.64 bits per heavy atom. The van der Waals surface area contributed by atoms with Crippen LogP contribution in [-0.4, -0.2) is 11.3 Å². The van der Waals surface area contributed by atoms with Gasteiger partial charge < -0.3 is 0 Å². The van der Waals surface area contributed by atoms with E-state index >= 15 is 0 Å². The van der Waals surface area contributed by atoms with Crippen molar-refractivity contribution in [3.8, 4) is 6.07 Å². The second-order valence-electron chi connectivity index (χ2n) is 2.63. The molecule has 0 unspecified atom stereocenters. The lowest BCUT2D eigenvalue weighted by Crippen LogP contribution is -2.02. The summed E-state index contributed by atoms with van der Waals surface area (Å²) in [7, 11) is 0. The number of rotatable bonds is 2. The van der Waals surface area contributed by atoms with Crippen molar-refractivity contribution in [3.63, 3.8) is 0 Å². The molecule has 0 atom stereocenters. The molecule has 5 heteroatoms. The molecule has 0 bridgehead atoms. The molecule has 0 aliphatic carbocycles. The summed E-state index contributed by atoms with van der Waals surface area (Å²) in [6.07, 6.45) is -1.48. The van der Waals surface area contributed by atoms with E-state index in [0.29, 0.717) is 6.29 Å². The van der Waals surface area contributed by atoms with Crippen molar-refractivity contribution in [1.29, 1.82) is 5.26 Å². The van der Waals surface area contributed by atoms with Gasteiger partial charge in [0.25, 0.3) is 6.43 Å². The Labute approximate surface area is 79.0 Å². The van der Waals surface area contributed by atoms with Crippen molar-refractivity contribution in [2.75, 3.05) is 0 Å². The summed E-state index contributed by atoms with van der Waals surface area (Å²) in [4.78, 5) is 14.0. The monoisotopic (exact) mass is 196 g/mol. The van der Waals surface area contributed by atoms with Crippen LogP contribution < -0.4 is 0 Å². The van der Waals surface area contributed by atoms with Crippen molar-refractivity contribution in [3.05, 3.63) is 28.6 Å². The van der Waals surface area contributed by atoms with Crippen LogP contribution in [0.25, 0.3) is 0 Å². The molecule has 14 heavy (non-hydrogen) atoms. The zero-order valence-electron chi connectivity index (χ0n) is 7.29. The van der Waals surface area contributed by atoms with Gasteiger partial charge in [-0.15, -0.1) is 0 Å². The van der Waals surface area contributed by atoms with E-state index in [0.717, 1.165) is 6.20 Å². The average Bonchev–Trinajstić information content (AvgIpc) is 2.16. The molecular weight excluding hydrogens is 190 g/mol. The molecule has 1 aromatic heterocycles. The molecule has 0 aliphatic rings. The topological polar surface area (TPSA) is 53.8 Å². The Bertz CT molecular complexity index is 410. The number of nitrogens with zero attached hydrogens (tertiary/aromatic N) is 2. The van der Waals surface area contributed by atoms with Crippen molar-refractivity contribution in [2.24, 2.45) is 0 Å². The molecule has 0 saturated heterocycles. The normalized spacial score (nSPS) is 9.93. The van der Waals surface area contributed by atoms with Gasteiger partial charge in [0.05, 0.1) is 0 Å². The number of nitriles is 1. The lowest BCUT2D eigenvalue weighted by molar-refractivity contribution is 0.110. The maximum atomic E-state index is 12.5. The summed E-state index contributed by atoms with van der Waals surface area (Å²) in [5.74, 6) is 0. The third-order valence-corrected chi connectivity index (χ3v) is 1.85. The number of aromatic nitrogens is 1. The Morgan fingerprint density at radius 3 is 2.71 bits per heavy atom. The number of aldehydes is 1. The molecule has 0 amide bonds. The van der Waals surface area contributed by atoms with Gasteiger partial charge in [-0.05, 0) is 12.5 Å². The highest BCUT2D eigenvalue weighted by Crippen LogP contribution is 2.26. The minimum absolute atomic E-state index is 0.0621. The van der Waals surface area contributed by atoms with Gasteiger partial charge in [-0.2, -0.15) is 5.26 Å². The second kappa shape index (κ2) is 3.92. The van der Waals surface area contributed by atoms with Gasteiger partial charge >= 0.3 is 0 Å². The van der Waals surface area contributed by atoms with Gasteiger partial charge in [0.15, 0.2) is 6.29 Å². The van der Waals surface area contributed by atoms with Crippen LogP contribution in [0.2, 0.25) is 0 Å². The van der Waals surface area contributed by atoms with Crippen LogP contribution in [0.15, 0.2) is 6.20 Å². The molecule has 0 saturated carbocycles. The fraction of sp³-hybridized carbons (Fsp3) is 0.222. The molecule has 1 aromatic rings. The lowest BCUT2D eigenvalue weighted by Gasteiger charge is -2.07. The summed E-state index contributed by atoms with van der Waals surface area (Å²) in [6, 6.07) is 1.68. The summed E-state index contributed by atoms with van der Waals surface area (Å²) in [5, 5.41) is 8.54. The van der Waals surface area contributed by atoms with E-state index in [1.54, 1.807) is 6.07 Å². The molecule has 0 aliphatic heterocycles. The van der Waals surface area contributed by atoms with Gasteiger partial charge in [-0.1, -0.05) is 0 Å². The van der Waals surface area contributed by atoms with Crippen LogP contribution >= 0.6 is 0 Å². The smallest absolute Gasteiger partial charge is 0.264 e. The average molecular weight is 196 g/mol. The maximum absolute atomic E-state index is 12.5. The van der Waals surface area contributed by atoms with Gasteiger partial charge in [-0.25, -0.2) is 13.8 Å². The van der Waals surface area contributed by atoms with Gasteiger partial charge in [0.2, 0.25) is 0 Å². The third kappa shape index (κ3) is 1.59. The zero-order valence-corrected chi connectivity index (χ0v) is 7.29. The van der Waals surface area contributed by atoms with Crippen LogP contribution in [0.5, 0.6) is 0 Å². The van der Waals surface area contributed by atoms with Crippen molar-refractivity contribution in [2.45, 2.75) is 13.3 Å². The minimum Gasteiger partial charge on any atom is -0.298 e. The molecule has 1 rings (SSSR count). The van der Waals surface area contributed by atoms with E-state index < -0.39 is 12.0 Å². The number of carbonyl (C=O) groups excluding carboxylic acids is 1. The quantitative estimate of drug-likeness (QED) is 0.680. The summed E-state index contributed by atoms with van der Waals surface area (Å²) in [6.45, 7) is 1.35. The van der Waals surface area contributed by atoms with Crippen LogP contribution in [0.1, 0.15) is 33.6 Å². The number of carbonyl (C=O) groups is 1. The molecule has 0 radical (unpaired) electrons. The lowest BCUT2D eigenvalue weighted by atomic mass is 10.0. The second-order valence-corrected chi connectivity index (χ2v) is 2.63. The number of hydrogen-bond donors (Lipinski definition) is 0. The van der Waals surface area contributed by atoms with Crippen LogP contribution in [-0.2, 0) is 0 Å². The Kier molecular flexibility index (Phi) is 2.87. The molecular formula is C9H6F2N2O. The van der Waals surface area contributed by atoms with Crippen LogP contribution in [0.4, 0.5) is 8.78 Å². The Balaban J connectivity index is 3.48. The summed E-state index contributed by atoms with van der Waals surface area (Å²) in [5.41, 5.74) is -0.596. The van der Waals surface area contributed by atoms with Gasteiger partial charge in [-0.3, -0.25) is 4.79 Å². The fourth-order valence-electron chi connectivity index (χ4n) is 1.14. The van der Waals surface area contributed by atoms with E-state index in [9.17, 15) is 13.6 Å². The van der Waals surface area contributed by atoms with Crippen LogP contribution in [0.3, 0.4) is 0 Å². The van der Waals surface area contributed by atoms with E-state index in [-0.39, 0.29) is 16.8 Å². The molecule has 72 valence electrons. The van der Waals surface area contributed by atoms with Crippen molar-refractivity contribution < 1.29 is 13.6 Å². The van der Waals surface area contributed by atoms with Crippen molar-refractivity contribution >= 4 is 6.29 Å². The first kappa shape index (κ1) is 10.3. The third-order valence-electron chi connectivity index (χ3n) is 1.85. The molecule has 3 nitrogen and oxygen atoms in total. The molecule has 0 aromatic carbocycles. The highest BCUT2D eigenvalue weighted by Gasteiger charge is 2.18. The Hall–Kier alpha value is -1.83. The highest BCUT2D eigenvalue weighted by atomic mass is 19.3. The summed E-state index contributed by atoms with van der Waals surface area (Å²) >= 11 is 0. The fourth-order valence-corrected chi connectivity index (χ4v) is 1.14. The standard InChI is InChI=1S/C9H6F2N2O/c1-5-7(2-12)13-3-6(4-14)8(5)9(10)11/h3-4,9H,1H3. The Morgan fingerprint density at radius 2 is 2.29 bits per heavy atom. The minimum atomic E-state index is -2.77. The number of alkyl halides is 2. The number of halogens is 2. The largest absolute Gasteiger partial charge is 0.298 e. The molecule has 1 heterocycles. The molecule has 0 fully saturated rings. The first-order valence-electron chi connectivity index (χ1n) is 3.74. The van der Waals surface area contributed by atoms with Gasteiger partial charge in [0, 0.05) is 17.3 Å². The van der Waals surface area contributed by atoms with E-state index in [4.69, 9.17) is 5.26 Å². The van der Waals surface area contributed by atoms with Crippen LogP contribution in [0, 0.1) is 18.3 Å². The van der Waals surface area contributed by atoms with E-state index in [1.807, 2.05) is 0 Å². The number of pyridine rings is 1. The maximum Gasteiger partial charge on any atom is 0.264 e. The van der Waals surface area contributed by atoms with Crippen molar-refractivity contribution in [1.82, 2.24) is 4.98 Å². The van der Waals surface area contributed by atoms with E-state index in [2.05, 4.69) is 4.98 Å². The first-order chi connectivity index (χ1) is 6.61. The molecule has 0 N–H and O–H groups in total. The predicted octanol–water partition coefficient (Wildman–Crippen LogP) is 2.01.